The van der Waals surface area contributed by atoms with Gasteiger partial charge in [0.25, 0.3) is 5.88 Å². The molecule has 0 radical (unpaired) electrons. The number of hydrogen-bond acceptors (Lipinski definition) is 5. The van der Waals surface area contributed by atoms with Gasteiger partial charge in [-0.1, -0.05) is 23.7 Å². The number of anilines is 1. The van der Waals surface area contributed by atoms with Crippen LogP contribution in [0.3, 0.4) is 0 Å². The lowest BCUT2D eigenvalue weighted by Crippen LogP contribution is -2.03. The highest BCUT2D eigenvalue weighted by Gasteiger charge is 2.12. The van der Waals surface area contributed by atoms with Gasteiger partial charge in [0.05, 0.1) is 7.11 Å². The minimum Gasteiger partial charge on any atom is -0.489 e. The summed E-state index contributed by atoms with van der Waals surface area (Å²) < 4.78 is 10.9. The summed E-state index contributed by atoms with van der Waals surface area (Å²) in [6, 6.07) is 7.46. The minimum absolute atomic E-state index is 0.358. The zero-order valence-electron chi connectivity index (χ0n) is 10.7. The summed E-state index contributed by atoms with van der Waals surface area (Å²) in [5, 5.41) is 3.59. The first-order chi connectivity index (χ1) is 9.24. The van der Waals surface area contributed by atoms with E-state index in [1.807, 2.05) is 24.3 Å². The molecule has 0 amide bonds. The van der Waals surface area contributed by atoms with Crippen LogP contribution in [0.15, 0.2) is 30.6 Å². The molecule has 1 aromatic carbocycles. The molecule has 0 aliphatic heterocycles. The lowest BCUT2D eigenvalue weighted by Gasteiger charge is -2.12. The van der Waals surface area contributed by atoms with Crippen molar-refractivity contribution in [1.29, 1.82) is 0 Å². The van der Waals surface area contributed by atoms with Crippen molar-refractivity contribution >= 4 is 17.4 Å². The predicted octanol–water partition coefficient (Wildman–Crippen LogP) is 2.76. The average molecular weight is 280 g/mol. The van der Waals surface area contributed by atoms with Gasteiger partial charge in [-0.3, -0.25) is 0 Å². The van der Waals surface area contributed by atoms with E-state index in [4.69, 9.17) is 21.1 Å². The van der Waals surface area contributed by atoms with Crippen LogP contribution in [0.5, 0.6) is 11.6 Å². The van der Waals surface area contributed by atoms with Crippen LogP contribution in [-0.4, -0.2) is 24.1 Å². The van der Waals surface area contributed by atoms with E-state index in [0.29, 0.717) is 29.1 Å². The van der Waals surface area contributed by atoms with Crippen LogP contribution in [0.1, 0.15) is 5.56 Å². The highest BCUT2D eigenvalue weighted by atomic mass is 35.5. The monoisotopic (exact) mass is 279 g/mol. The second-order valence-electron chi connectivity index (χ2n) is 3.73. The van der Waals surface area contributed by atoms with Crippen molar-refractivity contribution in [2.45, 2.75) is 6.61 Å². The SMILES string of the molecule is CNc1ncnc(OCc2cccc(Cl)c2)c1OC. The lowest BCUT2D eigenvalue weighted by atomic mass is 10.2. The molecule has 0 fully saturated rings. The van der Waals surface area contributed by atoms with Crippen molar-refractivity contribution in [3.63, 3.8) is 0 Å². The minimum atomic E-state index is 0.358. The van der Waals surface area contributed by atoms with Crippen LogP contribution in [-0.2, 0) is 6.61 Å². The molecule has 0 aliphatic rings. The van der Waals surface area contributed by atoms with Gasteiger partial charge in [0.15, 0.2) is 5.82 Å². The number of hydrogen-bond donors (Lipinski definition) is 1. The molecule has 0 saturated heterocycles. The Hall–Kier alpha value is -2.01. The van der Waals surface area contributed by atoms with E-state index in [-0.39, 0.29) is 0 Å². The molecule has 0 atom stereocenters. The van der Waals surface area contributed by atoms with Gasteiger partial charge in [-0.25, -0.2) is 4.98 Å². The molecule has 6 heteroatoms. The molecule has 0 spiro atoms. The van der Waals surface area contributed by atoms with Crippen LogP contribution in [0.25, 0.3) is 0 Å². The fourth-order valence-corrected chi connectivity index (χ4v) is 1.81. The molecule has 1 aromatic heterocycles. The summed E-state index contributed by atoms with van der Waals surface area (Å²) in [4.78, 5) is 8.11. The Bertz CT molecular complexity index is 563. The Balaban J connectivity index is 2.15. The fraction of sp³-hybridized carbons (Fsp3) is 0.231. The van der Waals surface area contributed by atoms with Gasteiger partial charge >= 0.3 is 0 Å². The van der Waals surface area contributed by atoms with E-state index in [2.05, 4.69) is 15.3 Å². The molecule has 1 N–H and O–H groups in total. The lowest BCUT2D eigenvalue weighted by molar-refractivity contribution is 0.272. The van der Waals surface area contributed by atoms with Crippen molar-refractivity contribution in [2.75, 3.05) is 19.5 Å². The van der Waals surface area contributed by atoms with Crippen molar-refractivity contribution in [3.05, 3.63) is 41.2 Å². The number of nitrogens with zero attached hydrogens (tertiary/aromatic N) is 2. The Morgan fingerprint density at radius 2 is 2.16 bits per heavy atom. The summed E-state index contributed by atoms with van der Waals surface area (Å²) in [5.41, 5.74) is 0.958. The van der Waals surface area contributed by atoms with Crippen molar-refractivity contribution in [2.24, 2.45) is 0 Å². The quantitative estimate of drug-likeness (QED) is 0.912. The molecule has 0 bridgehead atoms. The Labute approximate surface area is 116 Å². The average Bonchev–Trinajstić information content (AvgIpc) is 2.44. The van der Waals surface area contributed by atoms with Crippen LogP contribution >= 0.6 is 11.6 Å². The molecule has 2 aromatic rings. The van der Waals surface area contributed by atoms with Gasteiger partial charge in [0, 0.05) is 12.1 Å². The van der Waals surface area contributed by atoms with E-state index in [1.54, 1.807) is 14.2 Å². The van der Waals surface area contributed by atoms with Crippen molar-refractivity contribution < 1.29 is 9.47 Å². The molecule has 2 rings (SSSR count). The third kappa shape index (κ3) is 3.26. The van der Waals surface area contributed by atoms with E-state index < -0.39 is 0 Å². The van der Waals surface area contributed by atoms with Crippen molar-refractivity contribution in [1.82, 2.24) is 9.97 Å². The molecule has 100 valence electrons. The zero-order chi connectivity index (χ0) is 13.7. The summed E-state index contributed by atoms with van der Waals surface area (Å²) in [6.45, 7) is 0.358. The van der Waals surface area contributed by atoms with Crippen molar-refractivity contribution in [3.8, 4) is 11.6 Å². The molecule has 0 aliphatic carbocycles. The van der Waals surface area contributed by atoms with Gasteiger partial charge in [0.1, 0.15) is 12.9 Å². The highest BCUT2D eigenvalue weighted by Crippen LogP contribution is 2.31. The largest absolute Gasteiger partial charge is 0.489 e. The first-order valence-electron chi connectivity index (χ1n) is 5.68. The van der Waals surface area contributed by atoms with Gasteiger partial charge < -0.3 is 14.8 Å². The number of halogens is 1. The first kappa shape index (κ1) is 13.4. The highest BCUT2D eigenvalue weighted by molar-refractivity contribution is 6.30. The van der Waals surface area contributed by atoms with E-state index in [9.17, 15) is 0 Å². The van der Waals surface area contributed by atoms with E-state index in [1.165, 1.54) is 6.33 Å². The maximum absolute atomic E-state index is 5.92. The first-order valence-corrected chi connectivity index (χ1v) is 6.06. The third-order valence-corrected chi connectivity index (χ3v) is 2.71. The van der Waals surface area contributed by atoms with Gasteiger partial charge in [0.2, 0.25) is 5.75 Å². The number of methoxy groups -OCH3 is 1. The summed E-state index contributed by atoms with van der Waals surface area (Å²) in [6.07, 6.45) is 1.42. The Morgan fingerprint density at radius 1 is 1.32 bits per heavy atom. The molecule has 19 heavy (non-hydrogen) atoms. The maximum atomic E-state index is 5.92. The molecular formula is C13H14ClN3O2. The number of benzene rings is 1. The number of rotatable bonds is 5. The number of aromatic nitrogens is 2. The predicted molar refractivity (Wildman–Crippen MR) is 73.9 cm³/mol. The molecule has 1 heterocycles. The summed E-state index contributed by atoms with van der Waals surface area (Å²) in [5.74, 6) is 1.45. The van der Waals surface area contributed by atoms with Gasteiger partial charge in [-0.05, 0) is 17.7 Å². The standard InChI is InChI=1S/C13H14ClN3O2/c1-15-12-11(18-2)13(17-8-16-12)19-7-9-4-3-5-10(14)6-9/h3-6,8H,7H2,1-2H3,(H,15,16,17). The summed E-state index contributed by atoms with van der Waals surface area (Å²) >= 11 is 5.92. The van der Waals surface area contributed by atoms with Crippen LogP contribution < -0.4 is 14.8 Å². The molecule has 5 nitrogen and oxygen atoms in total. The van der Waals surface area contributed by atoms with Crippen LogP contribution in [0, 0.1) is 0 Å². The summed E-state index contributed by atoms with van der Waals surface area (Å²) in [7, 11) is 3.30. The number of ether oxygens (including phenoxy) is 2. The molecule has 0 saturated carbocycles. The second kappa shape index (κ2) is 6.24. The topological polar surface area (TPSA) is 56.3 Å². The Morgan fingerprint density at radius 3 is 2.84 bits per heavy atom. The van der Waals surface area contributed by atoms with Crippen LogP contribution in [0.4, 0.5) is 5.82 Å². The number of nitrogens with one attached hydrogen (secondary N) is 1. The Kier molecular flexibility index (Phi) is 4.41. The van der Waals surface area contributed by atoms with E-state index in [0.717, 1.165) is 5.56 Å². The van der Waals surface area contributed by atoms with Gasteiger partial charge in [-0.15, -0.1) is 0 Å². The van der Waals surface area contributed by atoms with E-state index >= 15 is 0 Å². The molecular weight excluding hydrogens is 266 g/mol. The zero-order valence-corrected chi connectivity index (χ0v) is 11.4. The van der Waals surface area contributed by atoms with Gasteiger partial charge in [-0.2, -0.15) is 4.98 Å². The normalized spacial score (nSPS) is 10.1. The maximum Gasteiger partial charge on any atom is 0.262 e. The third-order valence-electron chi connectivity index (χ3n) is 2.48. The smallest absolute Gasteiger partial charge is 0.262 e. The second-order valence-corrected chi connectivity index (χ2v) is 4.17. The van der Waals surface area contributed by atoms with Crippen LogP contribution in [0.2, 0.25) is 5.02 Å². The molecule has 0 unspecified atom stereocenters. The fourth-order valence-electron chi connectivity index (χ4n) is 1.60.